The second kappa shape index (κ2) is 6.01. The molecule has 10 bridgehead atoms. The Balaban J connectivity index is 1.57. The topological polar surface area (TPSA) is 74.4 Å². The van der Waals surface area contributed by atoms with Gasteiger partial charge in [-0.1, -0.05) is 12.2 Å². The number of allylic oxidation sites excluding steroid dienone is 4. The van der Waals surface area contributed by atoms with E-state index in [1.165, 1.54) is 5.57 Å². The van der Waals surface area contributed by atoms with Gasteiger partial charge < -0.3 is 9.97 Å². The number of aromatic nitrogens is 4. The molecule has 3 aromatic heterocycles. The zero-order valence-electron chi connectivity index (χ0n) is 16.6. The maximum atomic E-state index is 12.7. The summed E-state index contributed by atoms with van der Waals surface area (Å²) in [6.45, 7) is 0. The second-order valence-corrected chi connectivity index (χ2v) is 8.46. The van der Waals surface area contributed by atoms with Gasteiger partial charge in [-0.15, -0.1) is 0 Å². The Kier molecular flexibility index (Phi) is 3.25. The summed E-state index contributed by atoms with van der Waals surface area (Å²) in [5.41, 5.74) is 9.81. The predicted octanol–water partition coefficient (Wildman–Crippen LogP) is 5.17. The summed E-state index contributed by atoms with van der Waals surface area (Å²) in [6.07, 6.45) is 8.81. The SMILES string of the molecule is O=C1CC2C=CC1C1=C2c2cc3nc(cc4ccc(cc5ccc(cc1n2)[nH]5)[nH]4)C=C3. The summed E-state index contributed by atoms with van der Waals surface area (Å²) in [5.74, 6) is 0.184. The van der Waals surface area contributed by atoms with E-state index in [-0.39, 0.29) is 17.6 Å². The average molecular weight is 402 g/mol. The van der Waals surface area contributed by atoms with E-state index in [2.05, 4.69) is 52.5 Å². The van der Waals surface area contributed by atoms with Gasteiger partial charge in [-0.2, -0.15) is 0 Å². The van der Waals surface area contributed by atoms with Gasteiger partial charge in [-0.3, -0.25) is 4.79 Å². The summed E-state index contributed by atoms with van der Waals surface area (Å²) < 4.78 is 0. The molecule has 5 heterocycles. The first-order valence-electron chi connectivity index (χ1n) is 10.5. The van der Waals surface area contributed by atoms with Crippen molar-refractivity contribution in [2.75, 3.05) is 0 Å². The van der Waals surface area contributed by atoms with Crippen LogP contribution in [0.15, 0.2) is 60.7 Å². The van der Waals surface area contributed by atoms with Gasteiger partial charge in [0.25, 0.3) is 0 Å². The lowest BCUT2D eigenvalue weighted by molar-refractivity contribution is -0.121. The molecule has 31 heavy (non-hydrogen) atoms. The molecule has 2 atom stereocenters. The smallest absolute Gasteiger partial charge is 0.145 e. The molecule has 0 fully saturated rings. The van der Waals surface area contributed by atoms with Crippen molar-refractivity contribution < 1.29 is 4.79 Å². The quantitative estimate of drug-likeness (QED) is 0.399. The van der Waals surface area contributed by atoms with E-state index in [0.29, 0.717) is 6.42 Å². The van der Waals surface area contributed by atoms with Crippen molar-refractivity contribution >= 4 is 51.1 Å². The Morgan fingerprint density at radius 3 is 2.10 bits per heavy atom. The van der Waals surface area contributed by atoms with Crippen molar-refractivity contribution in [2.24, 2.45) is 11.8 Å². The number of aromatic amines is 2. The summed E-state index contributed by atoms with van der Waals surface area (Å²) in [4.78, 5) is 29.3. The first kappa shape index (κ1) is 16.8. The van der Waals surface area contributed by atoms with Crippen molar-refractivity contribution in [2.45, 2.75) is 6.42 Å². The lowest BCUT2D eigenvalue weighted by Gasteiger charge is -2.31. The number of rotatable bonds is 0. The Bertz CT molecular complexity index is 1550. The van der Waals surface area contributed by atoms with E-state index < -0.39 is 0 Å². The first-order chi connectivity index (χ1) is 15.2. The van der Waals surface area contributed by atoms with Gasteiger partial charge in [0.1, 0.15) is 5.78 Å². The van der Waals surface area contributed by atoms with Crippen LogP contribution in [0.3, 0.4) is 0 Å². The van der Waals surface area contributed by atoms with Crippen LogP contribution in [0.2, 0.25) is 0 Å². The van der Waals surface area contributed by atoms with Crippen LogP contribution in [-0.4, -0.2) is 25.7 Å². The molecule has 0 spiro atoms. The molecule has 148 valence electrons. The van der Waals surface area contributed by atoms with Gasteiger partial charge in [0.2, 0.25) is 0 Å². The predicted molar refractivity (Wildman–Crippen MR) is 122 cm³/mol. The first-order valence-corrected chi connectivity index (χ1v) is 10.5. The highest BCUT2D eigenvalue weighted by molar-refractivity contribution is 6.10. The molecule has 8 rings (SSSR count). The van der Waals surface area contributed by atoms with Crippen molar-refractivity contribution in [3.05, 3.63) is 83.5 Å². The fourth-order valence-corrected chi connectivity index (χ4v) is 5.05. The Hall–Kier alpha value is -3.99. The molecule has 0 amide bonds. The Morgan fingerprint density at radius 1 is 0.710 bits per heavy atom. The van der Waals surface area contributed by atoms with Crippen LogP contribution in [0.25, 0.3) is 45.4 Å². The van der Waals surface area contributed by atoms with Crippen LogP contribution in [0, 0.1) is 11.8 Å². The van der Waals surface area contributed by atoms with Gasteiger partial charge in [-0.05, 0) is 71.8 Å². The molecule has 2 N–H and O–H groups in total. The van der Waals surface area contributed by atoms with Crippen LogP contribution in [0.5, 0.6) is 0 Å². The number of Topliss-reactive ketones (excluding diaryl/α,β-unsaturated/α-hetero) is 1. The average Bonchev–Trinajstić information content (AvgIpc) is 3.53. The molecule has 0 radical (unpaired) electrons. The highest BCUT2D eigenvalue weighted by Crippen LogP contribution is 2.49. The molecule has 0 aromatic carbocycles. The number of fused-ring (bicyclic) bond motifs is 9. The number of carbonyl (C=O) groups is 1. The lowest BCUT2D eigenvalue weighted by atomic mass is 9.70. The zero-order valence-corrected chi connectivity index (χ0v) is 16.6. The second-order valence-electron chi connectivity index (χ2n) is 8.46. The molecule has 3 aliphatic carbocycles. The molecule has 3 aromatic rings. The summed E-state index contributed by atoms with van der Waals surface area (Å²) in [6, 6.07) is 16.4. The molecular formula is C26H18N4O. The number of nitrogens with zero attached hydrogens (tertiary/aromatic N) is 2. The van der Waals surface area contributed by atoms with Crippen LogP contribution in [0.1, 0.15) is 29.2 Å². The summed E-state index contributed by atoms with van der Waals surface area (Å²) in [7, 11) is 0. The van der Waals surface area contributed by atoms with Crippen LogP contribution in [-0.2, 0) is 4.79 Å². The molecular weight excluding hydrogens is 384 g/mol. The maximum absolute atomic E-state index is 12.7. The van der Waals surface area contributed by atoms with E-state index in [1.807, 2.05) is 30.4 Å². The van der Waals surface area contributed by atoms with Gasteiger partial charge in [0, 0.05) is 34.4 Å². The van der Waals surface area contributed by atoms with Crippen molar-refractivity contribution in [1.82, 2.24) is 19.9 Å². The minimum atomic E-state index is -0.197. The third-order valence-electron chi connectivity index (χ3n) is 6.41. The van der Waals surface area contributed by atoms with E-state index in [0.717, 1.165) is 50.4 Å². The summed E-state index contributed by atoms with van der Waals surface area (Å²) in [5, 5.41) is 0. The molecule has 0 saturated heterocycles. The normalized spacial score (nSPS) is 21.1. The number of nitrogens with one attached hydrogen (secondary N) is 2. The van der Waals surface area contributed by atoms with Crippen LogP contribution in [0.4, 0.5) is 0 Å². The van der Waals surface area contributed by atoms with E-state index in [9.17, 15) is 4.79 Å². The maximum Gasteiger partial charge on any atom is 0.145 e. The summed E-state index contributed by atoms with van der Waals surface area (Å²) >= 11 is 0. The molecule has 2 unspecified atom stereocenters. The molecule has 2 aliphatic heterocycles. The van der Waals surface area contributed by atoms with E-state index in [4.69, 9.17) is 9.97 Å². The van der Waals surface area contributed by atoms with Crippen LogP contribution < -0.4 is 0 Å². The minimum Gasteiger partial charge on any atom is -0.355 e. The largest absolute Gasteiger partial charge is 0.355 e. The van der Waals surface area contributed by atoms with Crippen molar-refractivity contribution in [1.29, 1.82) is 0 Å². The fourth-order valence-electron chi connectivity index (χ4n) is 5.05. The minimum absolute atomic E-state index is 0.0982. The van der Waals surface area contributed by atoms with E-state index in [1.54, 1.807) is 0 Å². The molecule has 0 saturated carbocycles. The highest BCUT2D eigenvalue weighted by atomic mass is 16.1. The third-order valence-corrected chi connectivity index (χ3v) is 6.41. The highest BCUT2D eigenvalue weighted by Gasteiger charge is 2.41. The van der Waals surface area contributed by atoms with Crippen LogP contribution >= 0.6 is 0 Å². The monoisotopic (exact) mass is 402 g/mol. The number of hydrogen-bond donors (Lipinski definition) is 2. The van der Waals surface area contributed by atoms with Gasteiger partial charge in [0.15, 0.2) is 0 Å². The van der Waals surface area contributed by atoms with Gasteiger partial charge in [-0.25, -0.2) is 9.97 Å². The standard InChI is InChI=1S/C26H18N4O/c31-24-9-14-1-8-21(24)26-23-13-20-7-5-18(29-20)11-16-3-2-15(27-16)10-17-4-6-19(28-17)12-22(30-23)25(14)26/h1-8,10-14,21,27,29H,9H2. The molecule has 5 nitrogen and oxygen atoms in total. The lowest BCUT2D eigenvalue weighted by Crippen LogP contribution is -2.27. The Labute approximate surface area is 177 Å². The number of carbonyl (C=O) groups excluding carboxylic acids is 1. The zero-order chi connectivity index (χ0) is 20.5. The van der Waals surface area contributed by atoms with Gasteiger partial charge >= 0.3 is 0 Å². The van der Waals surface area contributed by atoms with Crippen molar-refractivity contribution in [3.8, 4) is 0 Å². The molecule has 5 heteroatoms. The molecule has 5 aliphatic rings. The third kappa shape index (κ3) is 2.60. The van der Waals surface area contributed by atoms with E-state index >= 15 is 0 Å². The number of H-pyrrole nitrogens is 2. The number of hydrogen-bond acceptors (Lipinski definition) is 3. The Morgan fingerprint density at radius 2 is 1.35 bits per heavy atom. The fraction of sp³-hybridized carbons (Fsp3) is 0.115. The number of ketones is 1. The van der Waals surface area contributed by atoms with Crippen molar-refractivity contribution in [3.63, 3.8) is 0 Å². The van der Waals surface area contributed by atoms with Gasteiger partial charge in [0.05, 0.1) is 28.7 Å².